The van der Waals surface area contributed by atoms with Crippen LogP contribution in [0, 0.1) is 0 Å². The molecule has 1 heterocycles. The molecular weight excluding hydrogens is 224 g/mol. The summed E-state index contributed by atoms with van der Waals surface area (Å²) in [7, 11) is 0. The molecule has 17 heavy (non-hydrogen) atoms. The van der Waals surface area contributed by atoms with E-state index in [4.69, 9.17) is 9.84 Å². The highest BCUT2D eigenvalue weighted by Gasteiger charge is 2.24. The van der Waals surface area contributed by atoms with Crippen LogP contribution in [0.4, 0.5) is 0 Å². The average molecular weight is 244 g/mol. The monoisotopic (exact) mass is 244 g/mol. The molecule has 1 amide bonds. The Morgan fingerprint density at radius 1 is 1.41 bits per heavy atom. The number of carbonyl (C=O) groups is 2. The van der Waals surface area contributed by atoms with Gasteiger partial charge in [-0.1, -0.05) is 0 Å². The summed E-state index contributed by atoms with van der Waals surface area (Å²) in [6.07, 6.45) is 0.201. The van der Waals surface area contributed by atoms with Gasteiger partial charge >= 0.3 is 5.97 Å². The Morgan fingerprint density at radius 2 is 1.94 bits per heavy atom. The molecule has 0 saturated carbocycles. The summed E-state index contributed by atoms with van der Waals surface area (Å²) in [5, 5.41) is 11.1. The summed E-state index contributed by atoms with van der Waals surface area (Å²) < 4.78 is 5.55. The molecule has 2 N–H and O–H groups in total. The number of rotatable bonds is 4. The van der Waals surface area contributed by atoms with Gasteiger partial charge in [-0.15, -0.1) is 0 Å². The van der Waals surface area contributed by atoms with Crippen LogP contribution in [0.15, 0.2) is 0 Å². The molecule has 0 spiro atoms. The van der Waals surface area contributed by atoms with E-state index in [0.29, 0.717) is 13.1 Å². The van der Waals surface area contributed by atoms with Gasteiger partial charge in [0, 0.05) is 13.1 Å². The van der Waals surface area contributed by atoms with Crippen LogP contribution in [0.25, 0.3) is 0 Å². The summed E-state index contributed by atoms with van der Waals surface area (Å²) in [5.74, 6) is -1.29. The molecule has 0 aliphatic carbocycles. The third-order valence-electron chi connectivity index (χ3n) is 2.61. The lowest BCUT2D eigenvalue weighted by Crippen LogP contribution is -2.50. The molecule has 0 radical (unpaired) electrons. The zero-order chi connectivity index (χ0) is 13.0. The summed E-state index contributed by atoms with van der Waals surface area (Å²) >= 11 is 0. The van der Waals surface area contributed by atoms with E-state index in [1.54, 1.807) is 0 Å². The van der Waals surface area contributed by atoms with Crippen molar-refractivity contribution in [1.29, 1.82) is 0 Å². The highest BCUT2D eigenvalue weighted by atomic mass is 16.5. The predicted molar refractivity (Wildman–Crippen MR) is 61.7 cm³/mol. The van der Waals surface area contributed by atoms with Gasteiger partial charge in [-0.25, -0.2) is 0 Å². The van der Waals surface area contributed by atoms with Gasteiger partial charge in [-0.3, -0.25) is 14.5 Å². The lowest BCUT2D eigenvalue weighted by molar-refractivity contribution is -0.142. The maximum absolute atomic E-state index is 11.6. The topological polar surface area (TPSA) is 78.9 Å². The standard InChI is InChI=1S/C11H20N2O4/c1-7-4-13(5-8(2)17-7)6-10(14)12-9(3)11(15)16/h7-9H,4-6H2,1-3H3,(H,12,14)(H,15,16). The van der Waals surface area contributed by atoms with E-state index in [0.717, 1.165) is 0 Å². The van der Waals surface area contributed by atoms with Crippen LogP contribution in [0.5, 0.6) is 0 Å². The predicted octanol–water partition coefficient (Wildman–Crippen LogP) is -0.315. The molecule has 1 fully saturated rings. The highest BCUT2D eigenvalue weighted by Crippen LogP contribution is 2.09. The van der Waals surface area contributed by atoms with Crippen LogP contribution in [0.1, 0.15) is 20.8 Å². The molecule has 1 aliphatic heterocycles. The van der Waals surface area contributed by atoms with Gasteiger partial charge in [0.1, 0.15) is 6.04 Å². The normalized spacial score (nSPS) is 27.5. The van der Waals surface area contributed by atoms with Crippen LogP contribution >= 0.6 is 0 Å². The third-order valence-corrected chi connectivity index (χ3v) is 2.61. The van der Waals surface area contributed by atoms with Crippen molar-refractivity contribution in [3.05, 3.63) is 0 Å². The summed E-state index contributed by atoms with van der Waals surface area (Å²) in [6, 6.07) is -0.849. The lowest BCUT2D eigenvalue weighted by Gasteiger charge is -2.34. The Kier molecular flexibility index (Phi) is 4.89. The van der Waals surface area contributed by atoms with Gasteiger partial charge in [0.2, 0.25) is 5.91 Å². The minimum atomic E-state index is -1.03. The highest BCUT2D eigenvalue weighted by molar-refractivity contribution is 5.84. The summed E-state index contributed by atoms with van der Waals surface area (Å²) in [6.45, 7) is 6.97. The molecule has 0 aromatic heterocycles. The van der Waals surface area contributed by atoms with Crippen LogP contribution in [0.3, 0.4) is 0 Å². The fourth-order valence-corrected chi connectivity index (χ4v) is 1.97. The van der Waals surface area contributed by atoms with Gasteiger partial charge in [-0.05, 0) is 20.8 Å². The molecule has 1 rings (SSSR count). The third kappa shape index (κ3) is 4.70. The summed E-state index contributed by atoms with van der Waals surface area (Å²) in [5.41, 5.74) is 0. The number of nitrogens with one attached hydrogen (secondary N) is 1. The first-order valence-corrected chi connectivity index (χ1v) is 5.78. The number of aliphatic carboxylic acids is 1. The first-order chi connectivity index (χ1) is 7.88. The van der Waals surface area contributed by atoms with Gasteiger partial charge in [0.15, 0.2) is 0 Å². The molecule has 0 bridgehead atoms. The smallest absolute Gasteiger partial charge is 0.325 e. The molecule has 1 aliphatic rings. The van der Waals surface area contributed by atoms with E-state index in [1.165, 1.54) is 6.92 Å². The maximum Gasteiger partial charge on any atom is 0.325 e. The van der Waals surface area contributed by atoms with Crippen LogP contribution in [0.2, 0.25) is 0 Å². The van der Waals surface area contributed by atoms with E-state index < -0.39 is 12.0 Å². The van der Waals surface area contributed by atoms with E-state index in [1.807, 2.05) is 18.7 Å². The van der Waals surface area contributed by atoms with E-state index >= 15 is 0 Å². The first kappa shape index (κ1) is 13.9. The largest absolute Gasteiger partial charge is 0.480 e. The number of nitrogens with zero attached hydrogens (tertiary/aromatic N) is 1. The number of amides is 1. The number of hydrogen-bond acceptors (Lipinski definition) is 4. The van der Waals surface area contributed by atoms with Crippen molar-refractivity contribution in [1.82, 2.24) is 10.2 Å². The van der Waals surface area contributed by atoms with Crippen molar-refractivity contribution < 1.29 is 19.4 Å². The Balaban J connectivity index is 2.37. The molecule has 1 saturated heterocycles. The van der Waals surface area contributed by atoms with Crippen molar-refractivity contribution in [3.8, 4) is 0 Å². The SMILES string of the molecule is CC1CN(CC(=O)NC(C)C(=O)O)CC(C)O1. The second kappa shape index (κ2) is 5.97. The number of carboxylic acids is 1. The Labute approximate surface area is 101 Å². The minimum Gasteiger partial charge on any atom is -0.480 e. The Morgan fingerprint density at radius 3 is 2.41 bits per heavy atom. The molecule has 3 unspecified atom stereocenters. The van der Waals surface area contributed by atoms with Crippen molar-refractivity contribution in [2.45, 2.75) is 39.0 Å². The fourth-order valence-electron chi connectivity index (χ4n) is 1.97. The quantitative estimate of drug-likeness (QED) is 0.709. The van der Waals surface area contributed by atoms with Crippen LogP contribution in [-0.4, -0.2) is 59.8 Å². The van der Waals surface area contributed by atoms with Crippen molar-refractivity contribution in [2.24, 2.45) is 0 Å². The van der Waals surface area contributed by atoms with Crippen LogP contribution < -0.4 is 5.32 Å². The molecule has 0 aromatic carbocycles. The number of carbonyl (C=O) groups excluding carboxylic acids is 1. The van der Waals surface area contributed by atoms with Crippen molar-refractivity contribution in [2.75, 3.05) is 19.6 Å². The molecule has 98 valence electrons. The number of ether oxygens (including phenoxy) is 1. The van der Waals surface area contributed by atoms with E-state index in [2.05, 4.69) is 5.32 Å². The van der Waals surface area contributed by atoms with Gasteiger partial charge in [-0.2, -0.15) is 0 Å². The summed E-state index contributed by atoms with van der Waals surface area (Å²) in [4.78, 5) is 24.1. The molecule has 0 aromatic rings. The van der Waals surface area contributed by atoms with E-state index in [9.17, 15) is 9.59 Å². The molecular formula is C11H20N2O4. The zero-order valence-corrected chi connectivity index (χ0v) is 10.5. The van der Waals surface area contributed by atoms with E-state index in [-0.39, 0.29) is 24.7 Å². The Bertz CT molecular complexity index is 285. The number of morpholine rings is 1. The van der Waals surface area contributed by atoms with Crippen LogP contribution in [-0.2, 0) is 14.3 Å². The van der Waals surface area contributed by atoms with Gasteiger partial charge in [0.05, 0.1) is 18.8 Å². The molecule has 3 atom stereocenters. The number of carboxylic acid groups (broad SMARTS) is 1. The van der Waals surface area contributed by atoms with Crippen molar-refractivity contribution in [3.63, 3.8) is 0 Å². The average Bonchev–Trinajstić information content (AvgIpc) is 2.14. The minimum absolute atomic E-state index is 0.100. The van der Waals surface area contributed by atoms with Gasteiger partial charge < -0.3 is 15.2 Å². The maximum atomic E-state index is 11.6. The second-order valence-corrected chi connectivity index (χ2v) is 4.58. The molecule has 6 heteroatoms. The zero-order valence-electron chi connectivity index (χ0n) is 10.5. The first-order valence-electron chi connectivity index (χ1n) is 5.78. The Hall–Kier alpha value is -1.14. The number of hydrogen-bond donors (Lipinski definition) is 2. The lowest BCUT2D eigenvalue weighted by atomic mass is 10.2. The van der Waals surface area contributed by atoms with Crippen molar-refractivity contribution >= 4 is 11.9 Å². The fraction of sp³-hybridized carbons (Fsp3) is 0.818. The molecule has 6 nitrogen and oxygen atoms in total. The second-order valence-electron chi connectivity index (χ2n) is 4.58. The van der Waals surface area contributed by atoms with Gasteiger partial charge in [0.25, 0.3) is 0 Å².